The minimum absolute atomic E-state index is 0.0172. The van der Waals surface area contributed by atoms with Gasteiger partial charge in [-0.25, -0.2) is 14.4 Å². The molecule has 9 nitrogen and oxygen atoms in total. The number of rotatable bonds is 11. The van der Waals surface area contributed by atoms with Crippen LogP contribution in [-0.2, 0) is 23.4 Å². The van der Waals surface area contributed by atoms with Crippen LogP contribution in [-0.4, -0.2) is 63.5 Å². The summed E-state index contributed by atoms with van der Waals surface area (Å²) in [5, 5.41) is -0.148. The van der Waals surface area contributed by atoms with Crippen LogP contribution in [0.4, 0.5) is 0 Å². The Morgan fingerprint density at radius 3 is 1.41 bits per heavy atom. The summed E-state index contributed by atoms with van der Waals surface area (Å²) in [6.45, 7) is 10.5. The smallest absolute Gasteiger partial charge is 0.338 e. The van der Waals surface area contributed by atoms with Gasteiger partial charge in [-0.05, 0) is 66.7 Å². The minimum atomic E-state index is -2.37. The predicted molar refractivity (Wildman–Crippen MR) is 186 cm³/mol. The van der Waals surface area contributed by atoms with Crippen molar-refractivity contribution >= 4 is 26.2 Å². The number of esters is 3. The molecule has 4 aromatic rings. The molecule has 1 saturated heterocycles. The molecule has 1 aliphatic heterocycles. The third-order valence-corrected chi connectivity index (χ3v) is 13.3. The standard InChI is InChI=1S/C39H42O9Si/c1-39(2,3)49(4,5)43-26-31-32(46-35(40)27-18-10-6-11-19-27)33(47-36(41)28-20-12-7-13-21-28)34(48-37(42)29-22-14-8-15-23-29)38(45-31)44-30-24-16-9-17-25-30/h6-25,31-34,38H,26H2,1-5H3/t31-,32-,33+,34+,38+/m1/s1. The maximum atomic E-state index is 13.7. The molecule has 10 heteroatoms. The van der Waals surface area contributed by atoms with Crippen molar-refractivity contribution in [1.29, 1.82) is 0 Å². The molecule has 0 N–H and O–H groups in total. The first-order valence-corrected chi connectivity index (χ1v) is 19.1. The Labute approximate surface area is 288 Å². The van der Waals surface area contributed by atoms with Crippen LogP contribution < -0.4 is 4.74 Å². The number of para-hydroxylation sites is 1. The van der Waals surface area contributed by atoms with Gasteiger partial charge < -0.3 is 28.1 Å². The van der Waals surface area contributed by atoms with Gasteiger partial charge in [0, 0.05) is 0 Å². The maximum absolute atomic E-state index is 13.7. The summed E-state index contributed by atoms with van der Waals surface area (Å²) in [4.78, 5) is 41.0. The van der Waals surface area contributed by atoms with Crippen LogP contribution in [0.25, 0.3) is 0 Å². The number of benzene rings is 4. The maximum Gasteiger partial charge on any atom is 0.338 e. The normalized spacial score (nSPS) is 20.9. The lowest BCUT2D eigenvalue weighted by Gasteiger charge is -2.45. The van der Waals surface area contributed by atoms with E-state index >= 15 is 0 Å². The van der Waals surface area contributed by atoms with E-state index in [0.29, 0.717) is 5.75 Å². The van der Waals surface area contributed by atoms with Crippen molar-refractivity contribution < 1.29 is 42.5 Å². The zero-order valence-electron chi connectivity index (χ0n) is 28.3. The Bertz CT molecular complexity index is 1680. The lowest BCUT2D eigenvalue weighted by molar-refractivity contribution is -0.274. The molecule has 5 rings (SSSR count). The lowest BCUT2D eigenvalue weighted by atomic mass is 9.97. The molecular weight excluding hydrogens is 641 g/mol. The van der Waals surface area contributed by atoms with Gasteiger partial charge in [0.05, 0.1) is 23.3 Å². The summed E-state index contributed by atoms with van der Waals surface area (Å²) in [7, 11) is -2.37. The molecular formula is C39H42O9Si. The van der Waals surface area contributed by atoms with Gasteiger partial charge in [-0.3, -0.25) is 0 Å². The third-order valence-electron chi connectivity index (χ3n) is 8.76. The van der Waals surface area contributed by atoms with Crippen LogP contribution in [0.5, 0.6) is 5.75 Å². The first-order valence-electron chi connectivity index (χ1n) is 16.2. The molecule has 0 spiro atoms. The zero-order chi connectivity index (χ0) is 35.0. The second-order valence-corrected chi connectivity index (χ2v) is 18.1. The van der Waals surface area contributed by atoms with Gasteiger partial charge in [-0.2, -0.15) is 0 Å². The Morgan fingerprint density at radius 1 is 0.592 bits per heavy atom. The third kappa shape index (κ3) is 9.02. The number of carbonyl (C=O) groups excluding carboxylic acids is 3. The summed E-state index contributed by atoms with van der Waals surface area (Å²) in [5.74, 6) is -1.68. The van der Waals surface area contributed by atoms with E-state index < -0.39 is 56.9 Å². The number of carbonyl (C=O) groups is 3. The van der Waals surface area contributed by atoms with Crippen molar-refractivity contribution in [3.63, 3.8) is 0 Å². The summed E-state index contributed by atoms with van der Waals surface area (Å²) in [5.41, 5.74) is 0.792. The molecule has 5 atom stereocenters. The van der Waals surface area contributed by atoms with Crippen molar-refractivity contribution in [2.24, 2.45) is 0 Å². The molecule has 0 bridgehead atoms. The fourth-order valence-corrected chi connectivity index (χ4v) is 5.96. The fraction of sp³-hybridized carbons (Fsp3) is 0.308. The van der Waals surface area contributed by atoms with Crippen molar-refractivity contribution in [2.75, 3.05) is 6.61 Å². The average Bonchev–Trinajstić information content (AvgIpc) is 3.10. The van der Waals surface area contributed by atoms with Crippen molar-refractivity contribution in [3.05, 3.63) is 138 Å². The van der Waals surface area contributed by atoms with Gasteiger partial charge in [0.1, 0.15) is 11.9 Å². The van der Waals surface area contributed by atoms with Crippen LogP contribution in [0, 0.1) is 0 Å². The van der Waals surface area contributed by atoms with Crippen LogP contribution in [0.15, 0.2) is 121 Å². The van der Waals surface area contributed by atoms with E-state index in [4.69, 9.17) is 28.1 Å². The Hall–Kier alpha value is -4.77. The van der Waals surface area contributed by atoms with E-state index in [9.17, 15) is 14.4 Å². The van der Waals surface area contributed by atoms with Crippen LogP contribution in [0.2, 0.25) is 18.1 Å². The van der Waals surface area contributed by atoms with E-state index in [0.717, 1.165) is 0 Å². The fourth-order valence-electron chi connectivity index (χ4n) is 4.95. The summed E-state index contributed by atoms with van der Waals surface area (Å²) in [6, 6.07) is 34.1. The van der Waals surface area contributed by atoms with Gasteiger partial charge >= 0.3 is 17.9 Å². The Kier molecular flexibility index (Phi) is 11.3. The molecule has 256 valence electrons. The van der Waals surface area contributed by atoms with Gasteiger partial charge in [-0.1, -0.05) is 93.6 Å². The Balaban J connectivity index is 1.59. The van der Waals surface area contributed by atoms with Crippen LogP contribution in [0.3, 0.4) is 0 Å². The SMILES string of the molecule is CC(C)(C)[Si](C)(C)OC[C@H]1O[C@H](Oc2ccccc2)[C@@H](OC(=O)c2ccccc2)[C@@H](OC(=O)c2ccccc2)[C@@H]1OC(=O)c1ccccc1. The number of ether oxygens (including phenoxy) is 5. The molecule has 49 heavy (non-hydrogen) atoms. The molecule has 1 heterocycles. The molecule has 0 amide bonds. The number of hydrogen-bond donors (Lipinski definition) is 0. The zero-order valence-corrected chi connectivity index (χ0v) is 29.3. The van der Waals surface area contributed by atoms with Gasteiger partial charge in [0.2, 0.25) is 12.4 Å². The van der Waals surface area contributed by atoms with E-state index in [1.807, 2.05) is 6.07 Å². The second kappa shape index (κ2) is 15.6. The van der Waals surface area contributed by atoms with E-state index in [1.165, 1.54) is 0 Å². The molecule has 0 unspecified atom stereocenters. The number of hydrogen-bond acceptors (Lipinski definition) is 9. The van der Waals surface area contributed by atoms with E-state index in [2.05, 4.69) is 33.9 Å². The highest BCUT2D eigenvalue weighted by Crippen LogP contribution is 2.38. The Morgan fingerprint density at radius 2 is 0.980 bits per heavy atom. The van der Waals surface area contributed by atoms with Crippen molar-refractivity contribution in [1.82, 2.24) is 0 Å². The molecule has 0 saturated carbocycles. The second-order valence-electron chi connectivity index (χ2n) is 13.3. The van der Waals surface area contributed by atoms with Gasteiger partial charge in [-0.15, -0.1) is 0 Å². The van der Waals surface area contributed by atoms with Gasteiger partial charge in [0.15, 0.2) is 20.5 Å². The summed E-state index contributed by atoms with van der Waals surface area (Å²) in [6.07, 6.45) is -6.30. The van der Waals surface area contributed by atoms with Crippen LogP contribution in [0.1, 0.15) is 51.8 Å². The monoisotopic (exact) mass is 682 g/mol. The first-order chi connectivity index (χ1) is 23.4. The molecule has 4 aromatic carbocycles. The minimum Gasteiger partial charge on any atom is -0.461 e. The topological polar surface area (TPSA) is 107 Å². The highest BCUT2D eigenvalue weighted by atomic mass is 28.4. The highest BCUT2D eigenvalue weighted by Gasteiger charge is 2.54. The molecule has 0 radical (unpaired) electrons. The summed E-state index contributed by atoms with van der Waals surface area (Å²) < 4.78 is 37.9. The van der Waals surface area contributed by atoms with Crippen molar-refractivity contribution in [3.8, 4) is 5.75 Å². The van der Waals surface area contributed by atoms with Gasteiger partial charge in [0.25, 0.3) is 0 Å². The quantitative estimate of drug-likeness (QED) is 0.0904. The average molecular weight is 683 g/mol. The van der Waals surface area contributed by atoms with Crippen LogP contribution >= 0.6 is 0 Å². The van der Waals surface area contributed by atoms with E-state index in [-0.39, 0.29) is 28.3 Å². The first kappa shape index (κ1) is 35.5. The predicted octanol–water partition coefficient (Wildman–Crippen LogP) is 7.49. The van der Waals surface area contributed by atoms with E-state index in [1.54, 1.807) is 115 Å². The highest BCUT2D eigenvalue weighted by molar-refractivity contribution is 6.74. The lowest BCUT2D eigenvalue weighted by Crippen LogP contribution is -2.64. The molecule has 0 aliphatic carbocycles. The summed E-state index contributed by atoms with van der Waals surface area (Å²) >= 11 is 0. The molecule has 0 aromatic heterocycles. The molecule has 1 aliphatic rings. The molecule has 1 fully saturated rings. The largest absolute Gasteiger partial charge is 0.461 e. The van der Waals surface area contributed by atoms with Crippen molar-refractivity contribution in [2.45, 2.75) is 69.6 Å².